The molecule has 29 heavy (non-hydrogen) atoms. The number of rotatable bonds is 6. The highest BCUT2D eigenvalue weighted by atomic mass is 32.2. The van der Waals surface area contributed by atoms with E-state index in [1.807, 2.05) is 0 Å². The van der Waals surface area contributed by atoms with Gasteiger partial charge in [-0.05, 0) is 74.7 Å². The number of pyridine rings is 1. The summed E-state index contributed by atoms with van der Waals surface area (Å²) < 4.78 is 26.9. The van der Waals surface area contributed by atoms with Gasteiger partial charge in [-0.1, -0.05) is 0 Å². The van der Waals surface area contributed by atoms with E-state index >= 15 is 0 Å². The van der Waals surface area contributed by atoms with Crippen LogP contribution in [0.25, 0.3) is 0 Å². The average molecular weight is 422 g/mol. The van der Waals surface area contributed by atoms with Crippen LogP contribution in [0.2, 0.25) is 0 Å². The van der Waals surface area contributed by atoms with Gasteiger partial charge in [0.25, 0.3) is 5.56 Å². The van der Waals surface area contributed by atoms with Crippen LogP contribution in [0.4, 0.5) is 0 Å². The number of nitrogens with zero attached hydrogens (tertiary/aromatic N) is 2. The number of carbonyl (C=O) groups is 1. The Morgan fingerprint density at radius 1 is 1.17 bits per heavy atom. The Morgan fingerprint density at radius 2 is 1.72 bits per heavy atom. The topological polar surface area (TPSA) is 88.5 Å². The van der Waals surface area contributed by atoms with Crippen molar-refractivity contribution in [1.29, 1.82) is 0 Å². The maximum absolute atomic E-state index is 12.7. The normalized spacial score (nSPS) is 31.8. The Morgan fingerprint density at radius 3 is 2.24 bits per heavy atom. The molecule has 0 radical (unpaired) electrons. The van der Waals surface area contributed by atoms with Gasteiger partial charge in [0.05, 0.1) is 4.90 Å². The first-order valence-electron chi connectivity index (χ1n) is 10.5. The van der Waals surface area contributed by atoms with E-state index in [9.17, 15) is 18.0 Å². The van der Waals surface area contributed by atoms with Crippen molar-refractivity contribution >= 4 is 15.9 Å². The van der Waals surface area contributed by atoms with Gasteiger partial charge in [-0.15, -0.1) is 0 Å². The first kappa shape index (κ1) is 20.6. The third-order valence-electron chi connectivity index (χ3n) is 7.43. The second-order valence-electron chi connectivity index (χ2n) is 9.69. The van der Waals surface area contributed by atoms with Crippen molar-refractivity contribution in [1.82, 2.24) is 14.2 Å². The molecule has 4 fully saturated rings. The third-order valence-corrected chi connectivity index (χ3v) is 9.23. The lowest BCUT2D eigenvalue weighted by molar-refractivity contribution is -0.126. The second-order valence-corrected chi connectivity index (χ2v) is 11.8. The third kappa shape index (κ3) is 3.77. The van der Waals surface area contributed by atoms with E-state index < -0.39 is 10.0 Å². The average Bonchev–Trinajstić information content (AvgIpc) is 2.62. The van der Waals surface area contributed by atoms with Gasteiger partial charge in [0.2, 0.25) is 15.9 Å². The monoisotopic (exact) mass is 421 g/mol. The molecular formula is C21H31N3O4S. The second kappa shape index (κ2) is 7.23. The largest absolute Gasteiger partial charge is 0.352 e. The Bertz CT molecular complexity index is 931. The molecule has 1 aromatic heterocycles. The maximum Gasteiger partial charge on any atom is 0.251 e. The zero-order valence-electron chi connectivity index (χ0n) is 17.4. The number of amides is 1. The molecule has 0 aromatic carbocycles. The Labute approximate surface area is 172 Å². The van der Waals surface area contributed by atoms with Gasteiger partial charge >= 0.3 is 0 Å². The summed E-state index contributed by atoms with van der Waals surface area (Å²) in [4.78, 5) is 24.9. The van der Waals surface area contributed by atoms with Gasteiger partial charge in [-0.25, -0.2) is 12.7 Å². The molecule has 4 aliphatic rings. The van der Waals surface area contributed by atoms with Crippen LogP contribution in [0.3, 0.4) is 0 Å². The smallest absolute Gasteiger partial charge is 0.251 e. The number of carbonyl (C=O) groups excluding carboxylic acids is 1. The Hall–Kier alpha value is -1.67. The molecule has 0 aliphatic heterocycles. The summed E-state index contributed by atoms with van der Waals surface area (Å²) >= 11 is 0. The quantitative estimate of drug-likeness (QED) is 0.759. The van der Waals surface area contributed by atoms with Crippen LogP contribution < -0.4 is 10.9 Å². The van der Waals surface area contributed by atoms with E-state index in [1.165, 1.54) is 75.5 Å². The van der Waals surface area contributed by atoms with Crippen LogP contribution in [0.1, 0.15) is 45.4 Å². The predicted molar refractivity (Wildman–Crippen MR) is 110 cm³/mol. The molecule has 1 aromatic rings. The molecule has 1 heterocycles. The van der Waals surface area contributed by atoms with Crippen molar-refractivity contribution in [3.05, 3.63) is 28.7 Å². The zero-order valence-corrected chi connectivity index (χ0v) is 18.2. The summed E-state index contributed by atoms with van der Waals surface area (Å²) in [5.41, 5.74) is -0.203. The number of sulfonamides is 1. The molecule has 1 N–H and O–H groups in total. The van der Waals surface area contributed by atoms with Crippen LogP contribution in [0.15, 0.2) is 28.0 Å². The molecule has 0 saturated heterocycles. The van der Waals surface area contributed by atoms with E-state index in [0.717, 1.165) is 22.1 Å². The molecule has 160 valence electrons. The van der Waals surface area contributed by atoms with Gasteiger partial charge < -0.3 is 9.88 Å². The van der Waals surface area contributed by atoms with Crippen LogP contribution >= 0.6 is 0 Å². The summed E-state index contributed by atoms with van der Waals surface area (Å²) in [5.74, 6) is 2.16. The van der Waals surface area contributed by atoms with Crippen LogP contribution in [0, 0.1) is 23.2 Å². The van der Waals surface area contributed by atoms with E-state index in [2.05, 4.69) is 12.2 Å². The van der Waals surface area contributed by atoms with Gasteiger partial charge in [-0.3, -0.25) is 9.59 Å². The van der Waals surface area contributed by atoms with E-state index in [4.69, 9.17) is 0 Å². The minimum absolute atomic E-state index is 0.00373. The van der Waals surface area contributed by atoms with Crippen molar-refractivity contribution in [3.8, 4) is 0 Å². The lowest BCUT2D eigenvalue weighted by Crippen LogP contribution is -2.56. The summed E-state index contributed by atoms with van der Waals surface area (Å²) in [6, 6.07) is 2.55. The first-order valence-corrected chi connectivity index (χ1v) is 12.0. The molecule has 5 rings (SSSR count). The number of nitrogens with one attached hydrogen (secondary N) is 1. The van der Waals surface area contributed by atoms with Crippen molar-refractivity contribution in [2.24, 2.45) is 23.2 Å². The maximum atomic E-state index is 12.7. The fourth-order valence-corrected chi connectivity index (χ4v) is 7.22. The molecule has 0 spiro atoms. The lowest BCUT2D eigenvalue weighted by Gasteiger charge is -2.59. The highest BCUT2D eigenvalue weighted by Gasteiger charge is 2.53. The van der Waals surface area contributed by atoms with Gasteiger partial charge in [0.1, 0.15) is 6.54 Å². The predicted octanol–water partition coefficient (Wildman–Crippen LogP) is 1.82. The molecule has 1 atom stereocenters. The molecule has 7 nitrogen and oxygen atoms in total. The van der Waals surface area contributed by atoms with Gasteiger partial charge in [0, 0.05) is 32.4 Å². The molecule has 4 bridgehead atoms. The van der Waals surface area contributed by atoms with E-state index in [1.54, 1.807) is 0 Å². The van der Waals surface area contributed by atoms with Crippen molar-refractivity contribution in [3.63, 3.8) is 0 Å². The van der Waals surface area contributed by atoms with Gasteiger partial charge in [0.15, 0.2) is 0 Å². The summed E-state index contributed by atoms with van der Waals surface area (Å²) in [6.07, 6.45) is 8.88. The molecule has 8 heteroatoms. The molecule has 1 amide bonds. The summed E-state index contributed by atoms with van der Waals surface area (Å²) in [5, 5.41) is 3.14. The minimum atomic E-state index is -3.66. The fourth-order valence-electron chi connectivity index (χ4n) is 6.30. The standard InChI is InChI=1S/C21H31N3O4S/c1-14(21-9-15-6-16(10-21)8-17(7-15)11-21)22-19(25)13-24-12-18(4-5-20(24)26)29(27,28)23(2)3/h4-5,12,14-17H,6-11,13H2,1-3H3,(H,22,25). The van der Waals surface area contributed by atoms with Crippen LogP contribution in [-0.2, 0) is 21.4 Å². The van der Waals surface area contributed by atoms with Gasteiger partial charge in [-0.2, -0.15) is 0 Å². The Kier molecular flexibility index (Phi) is 5.14. The summed E-state index contributed by atoms with van der Waals surface area (Å²) in [7, 11) is -0.794. The van der Waals surface area contributed by atoms with Crippen LogP contribution in [-0.4, -0.2) is 43.3 Å². The summed E-state index contributed by atoms with van der Waals surface area (Å²) in [6.45, 7) is 1.92. The first-order chi connectivity index (χ1) is 13.6. The molecule has 4 aliphatic carbocycles. The highest BCUT2D eigenvalue weighted by Crippen LogP contribution is 2.61. The number of aromatic nitrogens is 1. The SMILES string of the molecule is CC(NC(=O)Cn1cc(S(=O)(=O)N(C)C)ccc1=O)C12CC3CC(CC(C3)C1)C2. The number of hydrogen-bond acceptors (Lipinski definition) is 4. The van der Waals surface area contributed by atoms with E-state index in [-0.39, 0.29) is 34.4 Å². The lowest BCUT2D eigenvalue weighted by atomic mass is 9.48. The molecule has 4 saturated carbocycles. The highest BCUT2D eigenvalue weighted by molar-refractivity contribution is 7.89. The fraction of sp³-hybridized carbons (Fsp3) is 0.714. The van der Waals surface area contributed by atoms with Crippen molar-refractivity contribution < 1.29 is 13.2 Å². The zero-order chi connectivity index (χ0) is 21.0. The Balaban J connectivity index is 1.47. The van der Waals surface area contributed by atoms with Crippen molar-refractivity contribution in [2.75, 3.05) is 14.1 Å². The molecular weight excluding hydrogens is 390 g/mol. The van der Waals surface area contributed by atoms with E-state index in [0.29, 0.717) is 0 Å². The van der Waals surface area contributed by atoms with Crippen LogP contribution in [0.5, 0.6) is 0 Å². The minimum Gasteiger partial charge on any atom is -0.352 e. The number of hydrogen-bond donors (Lipinski definition) is 1. The van der Waals surface area contributed by atoms with Crippen molar-refractivity contribution in [2.45, 2.75) is 62.9 Å². The molecule has 1 unspecified atom stereocenters.